The third-order valence-electron chi connectivity index (χ3n) is 4.53. The average molecular weight is 417 g/mol. The number of guanidine groups is 1. The molecule has 2 rings (SSSR count). The number of hydrogen-bond donors (Lipinski definition) is 3. The minimum atomic E-state index is -3.18. The Bertz CT molecular complexity index is 840. The van der Waals surface area contributed by atoms with Crippen molar-refractivity contribution in [2.75, 3.05) is 31.9 Å². The maximum absolute atomic E-state index is 11.5. The van der Waals surface area contributed by atoms with Gasteiger partial charge in [-0.2, -0.15) is 0 Å². The summed E-state index contributed by atoms with van der Waals surface area (Å²) < 4.78 is 25.6. The van der Waals surface area contributed by atoms with E-state index in [4.69, 9.17) is 4.99 Å². The lowest BCUT2D eigenvalue weighted by molar-refractivity contribution is 0.581. The fourth-order valence-corrected chi connectivity index (χ4v) is 3.56. The van der Waals surface area contributed by atoms with Gasteiger partial charge in [-0.05, 0) is 31.4 Å². The predicted octanol–water partition coefficient (Wildman–Crippen LogP) is 2.51. The summed E-state index contributed by atoms with van der Waals surface area (Å²) in [7, 11) is -3.18. The van der Waals surface area contributed by atoms with Gasteiger partial charge in [-0.15, -0.1) is 0 Å². The number of nitrogens with one attached hydrogen (secondary N) is 3. The minimum absolute atomic E-state index is 0.0827. The highest BCUT2D eigenvalue weighted by atomic mass is 32.2. The molecule has 0 heterocycles. The Balaban J connectivity index is 2.03. The Hall–Kier alpha value is -2.38. The summed E-state index contributed by atoms with van der Waals surface area (Å²) in [6, 6.07) is 20.8. The van der Waals surface area contributed by atoms with Gasteiger partial charge in [0.1, 0.15) is 0 Å². The second kappa shape index (κ2) is 12.2. The van der Waals surface area contributed by atoms with Gasteiger partial charge >= 0.3 is 0 Å². The van der Waals surface area contributed by atoms with E-state index < -0.39 is 10.0 Å². The first-order chi connectivity index (χ1) is 14.0. The molecule has 29 heavy (non-hydrogen) atoms. The van der Waals surface area contributed by atoms with Crippen LogP contribution >= 0.6 is 0 Å². The lowest BCUT2D eigenvalue weighted by Crippen LogP contribution is -2.42. The topological polar surface area (TPSA) is 82.6 Å². The Morgan fingerprint density at radius 2 is 1.59 bits per heavy atom. The van der Waals surface area contributed by atoms with E-state index in [2.05, 4.69) is 63.9 Å². The number of rotatable bonds is 11. The number of benzene rings is 2. The molecule has 1 atom stereocenters. The van der Waals surface area contributed by atoms with Crippen molar-refractivity contribution in [1.82, 2.24) is 15.4 Å². The Morgan fingerprint density at radius 1 is 0.931 bits per heavy atom. The van der Waals surface area contributed by atoms with E-state index >= 15 is 0 Å². The highest BCUT2D eigenvalue weighted by Gasteiger charge is 2.13. The second-order valence-electron chi connectivity index (χ2n) is 6.74. The lowest BCUT2D eigenvalue weighted by Gasteiger charge is -2.17. The Morgan fingerprint density at radius 3 is 2.21 bits per heavy atom. The van der Waals surface area contributed by atoms with Crippen LogP contribution < -0.4 is 15.4 Å². The van der Waals surface area contributed by atoms with Gasteiger partial charge in [-0.25, -0.2) is 13.1 Å². The highest BCUT2D eigenvalue weighted by molar-refractivity contribution is 7.89. The van der Waals surface area contributed by atoms with E-state index in [0.717, 1.165) is 13.0 Å². The van der Waals surface area contributed by atoms with E-state index in [0.29, 0.717) is 25.6 Å². The first-order valence-electron chi connectivity index (χ1n) is 10.1. The molecule has 0 radical (unpaired) electrons. The van der Waals surface area contributed by atoms with Crippen molar-refractivity contribution >= 4 is 16.0 Å². The number of hydrogen-bond acceptors (Lipinski definition) is 3. The Labute approximate surface area is 174 Å². The summed E-state index contributed by atoms with van der Waals surface area (Å²) >= 11 is 0. The van der Waals surface area contributed by atoms with Crippen LogP contribution in [0.5, 0.6) is 0 Å². The zero-order chi connectivity index (χ0) is 21.0. The lowest BCUT2D eigenvalue weighted by atomic mass is 9.92. The van der Waals surface area contributed by atoms with E-state index in [9.17, 15) is 8.42 Å². The molecule has 0 aliphatic heterocycles. The molecule has 0 saturated carbocycles. The van der Waals surface area contributed by atoms with Crippen LogP contribution in [-0.4, -0.2) is 46.3 Å². The molecule has 0 saturated heterocycles. The van der Waals surface area contributed by atoms with Crippen LogP contribution in [0, 0.1) is 0 Å². The summed E-state index contributed by atoms with van der Waals surface area (Å²) in [5.41, 5.74) is 2.54. The van der Waals surface area contributed by atoms with Crippen molar-refractivity contribution in [1.29, 1.82) is 0 Å². The van der Waals surface area contributed by atoms with Crippen molar-refractivity contribution in [3.8, 4) is 0 Å². The van der Waals surface area contributed by atoms with Crippen LogP contribution in [0.2, 0.25) is 0 Å². The van der Waals surface area contributed by atoms with Gasteiger partial charge in [0.2, 0.25) is 10.0 Å². The summed E-state index contributed by atoms with van der Waals surface area (Å²) in [4.78, 5) is 4.76. The van der Waals surface area contributed by atoms with Gasteiger partial charge in [-0.3, -0.25) is 4.99 Å². The van der Waals surface area contributed by atoms with Crippen LogP contribution in [0.25, 0.3) is 0 Å². The third-order valence-corrected chi connectivity index (χ3v) is 5.93. The minimum Gasteiger partial charge on any atom is -0.357 e. The monoisotopic (exact) mass is 416 g/mol. The van der Waals surface area contributed by atoms with Crippen LogP contribution in [0.15, 0.2) is 65.7 Å². The molecule has 0 spiro atoms. The molecule has 6 nitrogen and oxygen atoms in total. The molecular weight excluding hydrogens is 384 g/mol. The number of aliphatic imine (C=N–C) groups is 1. The first-order valence-corrected chi connectivity index (χ1v) is 11.8. The summed E-state index contributed by atoms with van der Waals surface area (Å²) in [5.74, 6) is 1.03. The zero-order valence-electron chi connectivity index (χ0n) is 17.3. The maximum atomic E-state index is 11.5. The summed E-state index contributed by atoms with van der Waals surface area (Å²) in [6.07, 6.45) is 0.907. The summed E-state index contributed by atoms with van der Waals surface area (Å²) in [5, 5.41) is 6.43. The summed E-state index contributed by atoms with van der Waals surface area (Å²) in [6.45, 7) is 5.80. The molecule has 1 unspecified atom stereocenters. The van der Waals surface area contributed by atoms with Crippen LogP contribution in [-0.2, 0) is 16.4 Å². The smallest absolute Gasteiger partial charge is 0.211 e. The van der Waals surface area contributed by atoms with Crippen molar-refractivity contribution in [3.05, 3.63) is 71.8 Å². The Kier molecular flexibility index (Phi) is 9.67. The van der Waals surface area contributed by atoms with Gasteiger partial charge in [0.05, 0.1) is 5.75 Å². The fourth-order valence-electron chi connectivity index (χ4n) is 2.94. The highest BCUT2D eigenvalue weighted by Crippen LogP contribution is 2.21. The third kappa shape index (κ3) is 8.66. The van der Waals surface area contributed by atoms with Gasteiger partial charge in [0.25, 0.3) is 0 Å². The molecule has 2 aromatic rings. The van der Waals surface area contributed by atoms with E-state index in [-0.39, 0.29) is 11.7 Å². The molecule has 158 valence electrons. The molecule has 0 fully saturated rings. The molecule has 0 aromatic heterocycles. The van der Waals surface area contributed by atoms with Gasteiger partial charge < -0.3 is 10.6 Å². The number of sulfonamides is 1. The average Bonchev–Trinajstić information content (AvgIpc) is 2.75. The molecule has 0 aliphatic carbocycles. The van der Waals surface area contributed by atoms with E-state index in [1.54, 1.807) is 6.92 Å². The van der Waals surface area contributed by atoms with Gasteiger partial charge in [0, 0.05) is 32.1 Å². The van der Waals surface area contributed by atoms with Crippen molar-refractivity contribution < 1.29 is 8.42 Å². The zero-order valence-corrected chi connectivity index (χ0v) is 18.1. The number of nitrogens with zero attached hydrogens (tertiary/aromatic N) is 1. The van der Waals surface area contributed by atoms with Crippen molar-refractivity contribution in [3.63, 3.8) is 0 Å². The SMILES string of the molecule is CCNC(=NCC(Cc1ccccc1)c1ccccc1)NCCNS(=O)(=O)CC. The largest absolute Gasteiger partial charge is 0.357 e. The first kappa shape index (κ1) is 22.9. The molecule has 0 aliphatic rings. The van der Waals surface area contributed by atoms with Crippen molar-refractivity contribution in [2.45, 2.75) is 26.2 Å². The standard InChI is InChI=1S/C22H32N4O2S/c1-3-23-22(24-15-16-26-29(27,28)4-2)25-18-21(20-13-9-6-10-14-20)17-19-11-7-5-8-12-19/h5-14,21,26H,3-4,15-18H2,1-2H3,(H2,23,24,25). The quantitative estimate of drug-likeness (QED) is 0.299. The second-order valence-corrected chi connectivity index (χ2v) is 8.84. The fraction of sp³-hybridized carbons (Fsp3) is 0.409. The molecule has 7 heteroatoms. The normalized spacial score (nSPS) is 13.1. The predicted molar refractivity (Wildman–Crippen MR) is 121 cm³/mol. The van der Waals surface area contributed by atoms with Gasteiger partial charge in [0.15, 0.2) is 5.96 Å². The molecular formula is C22H32N4O2S. The van der Waals surface area contributed by atoms with Crippen LogP contribution in [0.3, 0.4) is 0 Å². The van der Waals surface area contributed by atoms with E-state index in [1.807, 2.05) is 19.1 Å². The molecule has 2 aromatic carbocycles. The molecule has 3 N–H and O–H groups in total. The maximum Gasteiger partial charge on any atom is 0.211 e. The van der Waals surface area contributed by atoms with Gasteiger partial charge in [-0.1, -0.05) is 60.7 Å². The van der Waals surface area contributed by atoms with E-state index in [1.165, 1.54) is 11.1 Å². The molecule has 0 amide bonds. The van der Waals surface area contributed by atoms with Crippen LogP contribution in [0.4, 0.5) is 0 Å². The van der Waals surface area contributed by atoms with Crippen molar-refractivity contribution in [2.24, 2.45) is 4.99 Å². The molecule has 0 bridgehead atoms. The van der Waals surface area contributed by atoms with Crippen LogP contribution in [0.1, 0.15) is 30.9 Å².